The zero-order chi connectivity index (χ0) is 42.2. The predicted molar refractivity (Wildman–Crippen MR) is 208 cm³/mol. The molecule has 2 N–H and O–H groups in total. The average Bonchev–Trinajstić information content (AvgIpc) is 3.81. The maximum absolute atomic E-state index is 8.65. The van der Waals surface area contributed by atoms with Gasteiger partial charge in [0.05, 0.1) is 24.4 Å². The molecule has 4 nitrogen and oxygen atoms in total. The molecule has 0 bridgehead atoms. The van der Waals surface area contributed by atoms with E-state index in [-0.39, 0.29) is 65.5 Å². The molecule has 0 unspecified atom stereocenters. The van der Waals surface area contributed by atoms with Gasteiger partial charge >= 0.3 is 7.12 Å². The summed E-state index contributed by atoms with van der Waals surface area (Å²) in [5.74, 6) is 0. The van der Waals surface area contributed by atoms with Crippen molar-refractivity contribution in [2.75, 3.05) is 0 Å². The van der Waals surface area contributed by atoms with Crippen LogP contribution in [0.4, 0.5) is 0 Å². The van der Waals surface area contributed by atoms with Crippen molar-refractivity contribution in [3.63, 3.8) is 0 Å². The number of fused-ring (bicyclic) bond motifs is 2. The summed E-state index contributed by atoms with van der Waals surface area (Å²) in [5, 5.41) is 18.9. The van der Waals surface area contributed by atoms with Crippen molar-refractivity contribution in [3.8, 4) is 33.4 Å². The zero-order valence-corrected chi connectivity index (χ0v) is 29.4. The van der Waals surface area contributed by atoms with Crippen molar-refractivity contribution in [3.05, 3.63) is 171 Å². The molecule has 8 aromatic rings. The molecule has 0 amide bonds. The zero-order valence-electron chi connectivity index (χ0n) is 34.7. The van der Waals surface area contributed by atoms with E-state index in [1.165, 1.54) is 0 Å². The third kappa shape index (κ3) is 8.27. The minimum Gasteiger partial charge on any atom is -0.464 e. The predicted octanol–water partition coefficient (Wildman–Crippen LogP) is 11.5. The van der Waals surface area contributed by atoms with Gasteiger partial charge < -0.3 is 18.9 Å². The van der Waals surface area contributed by atoms with Gasteiger partial charge in [0.1, 0.15) is 17.4 Å². The number of halogens is 3. The average molecular weight is 833 g/mol. The van der Waals surface area contributed by atoms with E-state index in [1.807, 2.05) is 30.3 Å². The second-order valence-electron chi connectivity index (χ2n) is 10.1. The van der Waals surface area contributed by atoms with E-state index >= 15 is 0 Å². The third-order valence-electron chi connectivity index (χ3n) is 7.00. The molecule has 0 aliphatic carbocycles. The van der Waals surface area contributed by atoms with Gasteiger partial charge in [-0.25, -0.2) is 0 Å². The topological polar surface area (TPSA) is 66.7 Å². The molecule has 8 rings (SSSR count). The Kier molecular flexibility index (Phi) is 7.65. The lowest BCUT2D eigenvalue weighted by molar-refractivity contribution is 0.426. The first kappa shape index (κ1) is 23.2. The van der Waals surface area contributed by atoms with Crippen LogP contribution in [0.1, 0.15) is 13.7 Å². The Morgan fingerprint density at radius 1 is 0.500 bits per heavy atom. The van der Waals surface area contributed by atoms with Gasteiger partial charge in [0, 0.05) is 25.3 Å². The maximum atomic E-state index is 8.65. The summed E-state index contributed by atoms with van der Waals surface area (Å²) in [4.78, 5) is 0. The van der Waals surface area contributed by atoms with E-state index in [2.05, 4.69) is 47.8 Å². The monoisotopic (exact) mass is 830 g/mol. The van der Waals surface area contributed by atoms with Crippen molar-refractivity contribution in [2.45, 2.75) is 0 Å². The highest BCUT2D eigenvalue weighted by Gasteiger charge is 2.10. The SMILES string of the molecule is OB(O)c1ccc(Br)cc1.[2H]c1c([2H])c([2H])c(-c2ccc3occ(-c4ccc(Br)cc4)c3c2)c([2H])c1[2H].[2H]c1c([2H])c([2H])c(-c2ccc3occ(Br)c3c2)c([2H])c1[2H]. The Morgan fingerprint density at radius 2 is 0.958 bits per heavy atom. The first-order valence-electron chi connectivity index (χ1n) is 19.2. The van der Waals surface area contributed by atoms with Crippen molar-refractivity contribution in [2.24, 2.45) is 0 Å². The molecule has 6 aromatic carbocycles. The van der Waals surface area contributed by atoms with Crippen LogP contribution in [0, 0.1) is 0 Å². The summed E-state index contributed by atoms with van der Waals surface area (Å²) in [6, 6.07) is 22.1. The Labute approximate surface area is 318 Å². The van der Waals surface area contributed by atoms with Crippen LogP contribution in [0.5, 0.6) is 0 Å². The van der Waals surface area contributed by atoms with E-state index in [1.54, 1.807) is 67.1 Å². The van der Waals surface area contributed by atoms with Gasteiger partial charge in [-0.3, -0.25) is 0 Å². The number of hydrogen-bond acceptors (Lipinski definition) is 4. The van der Waals surface area contributed by atoms with Crippen LogP contribution in [-0.2, 0) is 0 Å². The first-order valence-corrected chi connectivity index (χ1v) is 16.6. The second-order valence-corrected chi connectivity index (χ2v) is 12.8. The Hall–Kier alpha value is -4.18. The van der Waals surface area contributed by atoms with Gasteiger partial charge in [0.15, 0.2) is 0 Å². The van der Waals surface area contributed by atoms with E-state index in [0.29, 0.717) is 27.8 Å². The van der Waals surface area contributed by atoms with Crippen LogP contribution in [0.2, 0.25) is 0 Å². The maximum Gasteiger partial charge on any atom is 0.488 e. The summed E-state index contributed by atoms with van der Waals surface area (Å²) in [6.07, 6.45) is 3.22. The van der Waals surface area contributed by atoms with Gasteiger partial charge in [-0.2, -0.15) is 0 Å². The Morgan fingerprint density at radius 3 is 1.50 bits per heavy atom. The van der Waals surface area contributed by atoms with Crippen LogP contribution in [0.15, 0.2) is 180 Å². The summed E-state index contributed by atoms with van der Waals surface area (Å²) in [7, 11) is -1.37. The van der Waals surface area contributed by atoms with Crippen molar-refractivity contribution < 1.29 is 32.6 Å². The molecule has 0 saturated carbocycles. The molecule has 0 saturated heterocycles. The smallest absolute Gasteiger partial charge is 0.464 e. The lowest BCUT2D eigenvalue weighted by atomic mass is 9.81. The quantitative estimate of drug-likeness (QED) is 0.173. The van der Waals surface area contributed by atoms with E-state index in [4.69, 9.17) is 32.6 Å². The molecular weight excluding hydrogens is 795 g/mol. The second kappa shape index (κ2) is 15.8. The largest absolute Gasteiger partial charge is 0.488 e. The van der Waals surface area contributed by atoms with Gasteiger partial charge in [-0.05, 0) is 97.7 Å². The van der Waals surface area contributed by atoms with Crippen molar-refractivity contribution in [1.29, 1.82) is 0 Å². The molecule has 2 aromatic heterocycles. The van der Waals surface area contributed by atoms with Crippen LogP contribution in [0.25, 0.3) is 55.3 Å². The highest BCUT2D eigenvalue weighted by molar-refractivity contribution is 9.11. The summed E-state index contributed by atoms with van der Waals surface area (Å²) in [6.45, 7) is 0. The fourth-order valence-corrected chi connectivity index (χ4v) is 5.55. The number of hydrogen-bond donors (Lipinski definition) is 2. The highest BCUT2D eigenvalue weighted by Crippen LogP contribution is 2.34. The van der Waals surface area contributed by atoms with Gasteiger partial charge in [-0.1, -0.05) is 129 Å². The van der Waals surface area contributed by atoms with Crippen LogP contribution < -0.4 is 5.46 Å². The van der Waals surface area contributed by atoms with Gasteiger partial charge in [-0.15, -0.1) is 0 Å². The number of rotatable bonds is 4. The molecule has 236 valence electrons. The minimum absolute atomic E-state index is 0.186. The van der Waals surface area contributed by atoms with Crippen LogP contribution in [-0.4, -0.2) is 17.2 Å². The molecular formula is C40H28BBr3O4. The molecule has 0 atom stereocenters. The fraction of sp³-hybridized carbons (Fsp3) is 0. The normalized spacial score (nSPS) is 13.5. The Bertz CT molecular complexity index is 2760. The van der Waals surface area contributed by atoms with E-state index in [9.17, 15) is 0 Å². The lowest BCUT2D eigenvalue weighted by Crippen LogP contribution is -2.29. The van der Waals surface area contributed by atoms with Crippen molar-refractivity contribution in [1.82, 2.24) is 0 Å². The van der Waals surface area contributed by atoms with Gasteiger partial charge in [0.25, 0.3) is 0 Å². The van der Waals surface area contributed by atoms with Crippen LogP contribution >= 0.6 is 47.8 Å². The van der Waals surface area contributed by atoms with E-state index < -0.39 is 13.2 Å². The van der Waals surface area contributed by atoms with Crippen molar-refractivity contribution >= 4 is 82.3 Å². The third-order valence-corrected chi connectivity index (χ3v) is 8.67. The molecule has 8 heteroatoms. The summed E-state index contributed by atoms with van der Waals surface area (Å²) >= 11 is 10.0. The summed E-state index contributed by atoms with van der Waals surface area (Å²) < 4.78 is 92.6. The first-order chi connectivity index (χ1) is 27.5. The Balaban J connectivity index is 0.000000162. The number of benzene rings is 6. The highest BCUT2D eigenvalue weighted by atomic mass is 79.9. The molecule has 48 heavy (non-hydrogen) atoms. The molecule has 2 heterocycles. The minimum atomic E-state index is -1.37. The van der Waals surface area contributed by atoms with Gasteiger partial charge in [0.2, 0.25) is 0 Å². The van der Waals surface area contributed by atoms with Crippen LogP contribution in [0.3, 0.4) is 0 Å². The molecule has 0 aliphatic rings. The molecule has 0 fully saturated rings. The standard InChI is InChI=1S/C20H13BrO.C14H9BrO.C6H6BBrO2/c21-17-9-6-15(7-10-17)19-13-22-20-11-8-16(12-18(19)20)14-4-2-1-3-5-14;15-13-9-16-14-7-6-11(8-12(13)14)10-4-2-1-3-5-10;8-6-3-1-5(2-4-6)7(9)10/h1-13H;1-9H;1-4,9-10H/i2*1D,2D,3D,4D,5D;. The lowest BCUT2D eigenvalue weighted by Gasteiger charge is -2.03. The molecule has 0 radical (unpaired) electrons. The fourth-order valence-electron chi connectivity index (χ4n) is 4.61. The van der Waals surface area contributed by atoms with E-state index in [0.717, 1.165) is 35.3 Å². The molecule has 0 spiro atoms. The summed E-state index contributed by atoms with van der Waals surface area (Å²) in [5.41, 5.74) is 5.18. The number of furan rings is 2. The molecule has 0 aliphatic heterocycles.